The molecule has 0 atom stereocenters. The van der Waals surface area contributed by atoms with Crippen LogP contribution in [0.3, 0.4) is 0 Å². The number of hydrogen-bond donors (Lipinski definition) is 1. The maximum absolute atomic E-state index is 5.86. The summed E-state index contributed by atoms with van der Waals surface area (Å²) in [6, 6.07) is 7.26. The van der Waals surface area contributed by atoms with Gasteiger partial charge in [0.15, 0.2) is 0 Å². The van der Waals surface area contributed by atoms with Gasteiger partial charge in [0.05, 0.1) is 24.8 Å². The van der Waals surface area contributed by atoms with Crippen molar-refractivity contribution in [2.24, 2.45) is 0 Å². The second kappa shape index (κ2) is 5.45. The van der Waals surface area contributed by atoms with Crippen LogP contribution < -0.4 is 15.2 Å². The predicted molar refractivity (Wildman–Crippen MR) is 80.6 cm³/mol. The Morgan fingerprint density at radius 3 is 2.43 bits per heavy atom. The van der Waals surface area contributed by atoms with Crippen LogP contribution in [0.4, 0.5) is 5.00 Å². The molecule has 0 radical (unpaired) electrons. The zero-order valence-corrected chi connectivity index (χ0v) is 12.3. The van der Waals surface area contributed by atoms with E-state index in [4.69, 9.17) is 19.7 Å². The van der Waals surface area contributed by atoms with Gasteiger partial charge in [0.25, 0.3) is 5.89 Å². The maximum atomic E-state index is 5.86. The lowest BCUT2D eigenvalue weighted by atomic mass is 10.2. The Morgan fingerprint density at radius 1 is 1.14 bits per heavy atom. The average molecular weight is 303 g/mol. The van der Waals surface area contributed by atoms with Gasteiger partial charge >= 0.3 is 0 Å². The van der Waals surface area contributed by atoms with Crippen molar-refractivity contribution in [3.8, 4) is 34.3 Å². The summed E-state index contributed by atoms with van der Waals surface area (Å²) >= 11 is 1.43. The second-order valence-corrected chi connectivity index (χ2v) is 5.17. The molecule has 3 rings (SSSR count). The van der Waals surface area contributed by atoms with Gasteiger partial charge in [0.1, 0.15) is 11.5 Å². The lowest BCUT2D eigenvalue weighted by Crippen LogP contribution is -1.90. The number of thiophene rings is 1. The summed E-state index contributed by atoms with van der Waals surface area (Å²) < 4.78 is 15.7. The van der Waals surface area contributed by atoms with Gasteiger partial charge in [0, 0.05) is 11.6 Å². The summed E-state index contributed by atoms with van der Waals surface area (Å²) in [5, 5.41) is 6.51. The number of ether oxygens (including phenoxy) is 2. The molecule has 0 aliphatic rings. The van der Waals surface area contributed by atoms with Crippen molar-refractivity contribution >= 4 is 16.3 Å². The highest BCUT2D eigenvalue weighted by Gasteiger charge is 2.15. The third kappa shape index (κ3) is 2.55. The molecule has 0 unspecified atom stereocenters. The largest absolute Gasteiger partial charge is 0.497 e. The van der Waals surface area contributed by atoms with E-state index in [1.807, 2.05) is 23.6 Å². The summed E-state index contributed by atoms with van der Waals surface area (Å²) in [6.07, 6.45) is 0. The molecule has 2 aromatic heterocycles. The SMILES string of the molecule is COc1cc(OC)cc(-c2noc(-c3ccsc3N)n2)c1. The predicted octanol–water partition coefficient (Wildman–Crippen LogP) is 3.06. The average Bonchev–Trinajstić information content (AvgIpc) is 3.15. The van der Waals surface area contributed by atoms with Gasteiger partial charge < -0.3 is 19.7 Å². The third-order valence-corrected chi connectivity index (χ3v) is 3.71. The number of nitrogen functional groups attached to an aromatic ring is 1. The number of anilines is 1. The molecule has 0 bridgehead atoms. The monoisotopic (exact) mass is 303 g/mol. The van der Waals surface area contributed by atoms with Crippen LogP contribution in [0, 0.1) is 0 Å². The highest BCUT2D eigenvalue weighted by atomic mass is 32.1. The Balaban J connectivity index is 2.02. The number of rotatable bonds is 4. The molecule has 2 N–H and O–H groups in total. The van der Waals surface area contributed by atoms with Gasteiger partial charge in [-0.3, -0.25) is 0 Å². The number of hydrogen-bond acceptors (Lipinski definition) is 7. The van der Waals surface area contributed by atoms with E-state index >= 15 is 0 Å². The molecule has 0 amide bonds. The van der Waals surface area contributed by atoms with Crippen molar-refractivity contribution in [2.75, 3.05) is 20.0 Å². The first kappa shape index (κ1) is 13.4. The van der Waals surface area contributed by atoms with Crippen LogP contribution in [-0.4, -0.2) is 24.4 Å². The molecule has 1 aromatic carbocycles. The molecule has 3 aromatic rings. The van der Waals surface area contributed by atoms with Gasteiger partial charge in [-0.25, -0.2) is 0 Å². The molecule has 6 nitrogen and oxygen atoms in total. The fourth-order valence-corrected chi connectivity index (χ4v) is 2.52. The first-order chi connectivity index (χ1) is 10.2. The molecule has 0 fully saturated rings. The summed E-state index contributed by atoms with van der Waals surface area (Å²) in [6.45, 7) is 0. The van der Waals surface area contributed by atoms with Gasteiger partial charge in [0.2, 0.25) is 5.82 Å². The van der Waals surface area contributed by atoms with Crippen LogP contribution in [-0.2, 0) is 0 Å². The number of nitrogens with two attached hydrogens (primary N) is 1. The molecule has 0 aliphatic carbocycles. The second-order valence-electron chi connectivity index (χ2n) is 4.22. The number of nitrogens with zero attached hydrogens (tertiary/aromatic N) is 2. The molecular weight excluding hydrogens is 290 g/mol. The summed E-state index contributed by atoms with van der Waals surface area (Å²) in [5.41, 5.74) is 7.35. The van der Waals surface area contributed by atoms with Crippen LogP contribution in [0.1, 0.15) is 0 Å². The minimum absolute atomic E-state index is 0.394. The van der Waals surface area contributed by atoms with Crippen molar-refractivity contribution in [3.05, 3.63) is 29.6 Å². The van der Waals surface area contributed by atoms with E-state index in [1.54, 1.807) is 20.3 Å². The zero-order valence-electron chi connectivity index (χ0n) is 11.5. The lowest BCUT2D eigenvalue weighted by Gasteiger charge is -2.05. The van der Waals surface area contributed by atoms with Gasteiger partial charge in [-0.05, 0) is 23.6 Å². The Hall–Kier alpha value is -2.54. The summed E-state index contributed by atoms with van der Waals surface area (Å²) in [4.78, 5) is 4.37. The van der Waals surface area contributed by atoms with Crippen molar-refractivity contribution in [3.63, 3.8) is 0 Å². The standard InChI is InChI=1S/C14H13N3O3S/c1-18-9-5-8(6-10(7-9)19-2)13-16-14(20-17-13)11-3-4-21-12(11)15/h3-7H,15H2,1-2H3. The minimum Gasteiger partial charge on any atom is -0.497 e. The topological polar surface area (TPSA) is 83.4 Å². The van der Waals surface area contributed by atoms with Crippen LogP contribution in [0.2, 0.25) is 0 Å². The molecule has 7 heteroatoms. The number of aromatic nitrogens is 2. The third-order valence-electron chi connectivity index (χ3n) is 2.96. The van der Waals surface area contributed by atoms with Crippen molar-refractivity contribution in [1.29, 1.82) is 0 Å². The highest BCUT2D eigenvalue weighted by molar-refractivity contribution is 7.14. The van der Waals surface area contributed by atoms with E-state index in [1.165, 1.54) is 11.3 Å². The zero-order chi connectivity index (χ0) is 14.8. The van der Waals surface area contributed by atoms with E-state index in [2.05, 4.69) is 10.1 Å². The molecule has 108 valence electrons. The van der Waals surface area contributed by atoms with Crippen LogP contribution in [0.5, 0.6) is 11.5 Å². The molecule has 0 aliphatic heterocycles. The number of benzene rings is 1. The fourth-order valence-electron chi connectivity index (χ4n) is 1.88. The fraction of sp³-hybridized carbons (Fsp3) is 0.143. The Bertz CT molecular complexity index is 744. The molecular formula is C14H13N3O3S. The van der Waals surface area contributed by atoms with Crippen molar-refractivity contribution < 1.29 is 14.0 Å². The van der Waals surface area contributed by atoms with Crippen LogP contribution in [0.25, 0.3) is 22.8 Å². The van der Waals surface area contributed by atoms with E-state index < -0.39 is 0 Å². The van der Waals surface area contributed by atoms with E-state index in [-0.39, 0.29) is 0 Å². The molecule has 2 heterocycles. The first-order valence-electron chi connectivity index (χ1n) is 6.11. The van der Waals surface area contributed by atoms with Crippen molar-refractivity contribution in [2.45, 2.75) is 0 Å². The highest BCUT2D eigenvalue weighted by Crippen LogP contribution is 2.32. The van der Waals surface area contributed by atoms with Crippen molar-refractivity contribution in [1.82, 2.24) is 10.1 Å². The van der Waals surface area contributed by atoms with Gasteiger partial charge in [-0.1, -0.05) is 5.16 Å². The Morgan fingerprint density at radius 2 is 1.86 bits per heavy atom. The van der Waals surface area contributed by atoms with E-state index in [0.29, 0.717) is 28.2 Å². The van der Waals surface area contributed by atoms with E-state index in [0.717, 1.165) is 11.1 Å². The molecule has 0 spiro atoms. The Kier molecular flexibility index (Phi) is 3.49. The number of methoxy groups -OCH3 is 2. The van der Waals surface area contributed by atoms with Gasteiger partial charge in [-0.15, -0.1) is 11.3 Å². The summed E-state index contributed by atoms with van der Waals surface area (Å²) in [5.74, 6) is 2.16. The summed E-state index contributed by atoms with van der Waals surface area (Å²) in [7, 11) is 3.18. The normalized spacial score (nSPS) is 10.6. The maximum Gasteiger partial charge on any atom is 0.261 e. The Labute approximate surface area is 125 Å². The van der Waals surface area contributed by atoms with Crippen LogP contribution >= 0.6 is 11.3 Å². The van der Waals surface area contributed by atoms with E-state index in [9.17, 15) is 0 Å². The first-order valence-corrected chi connectivity index (χ1v) is 6.99. The molecule has 0 saturated carbocycles. The lowest BCUT2D eigenvalue weighted by molar-refractivity contribution is 0.394. The van der Waals surface area contributed by atoms with Gasteiger partial charge in [-0.2, -0.15) is 4.98 Å². The van der Waals surface area contributed by atoms with Crippen LogP contribution in [0.15, 0.2) is 34.2 Å². The quantitative estimate of drug-likeness (QED) is 0.797. The smallest absolute Gasteiger partial charge is 0.261 e. The minimum atomic E-state index is 0.394. The molecule has 21 heavy (non-hydrogen) atoms. The molecule has 0 saturated heterocycles.